The van der Waals surface area contributed by atoms with Crippen molar-refractivity contribution in [2.45, 2.75) is 230 Å². The molecule has 0 saturated carbocycles. The minimum atomic E-state index is -0.396. The summed E-state index contributed by atoms with van der Waals surface area (Å²) in [4.78, 5) is 90.2. The summed E-state index contributed by atoms with van der Waals surface area (Å²) in [6.45, 7) is 51.9. The topological polar surface area (TPSA) is 352 Å². The maximum absolute atomic E-state index is 11.7. The molecule has 2 N–H and O–H groups in total. The smallest absolute Gasteiger partial charge is 0.311 e. The molecule has 0 fully saturated rings. The summed E-state index contributed by atoms with van der Waals surface area (Å²) < 4.78 is 64.2. The van der Waals surface area contributed by atoms with Crippen LogP contribution in [0.4, 0.5) is 11.4 Å². The molecule has 0 aromatic heterocycles. The van der Waals surface area contributed by atoms with E-state index in [0.29, 0.717) is 104 Å². The normalized spacial score (nSPS) is 11.5. The number of methoxy groups -OCH3 is 6. The predicted molar refractivity (Wildman–Crippen MR) is 436 cm³/mol. The van der Waals surface area contributed by atoms with Gasteiger partial charge in [0.25, 0.3) is 0 Å². The quantitative estimate of drug-likeness (QED) is 0.0355. The first kappa shape index (κ1) is 117. The molecule has 640 valence electrons. The molecule has 0 radical (unpaired) electrons. The summed E-state index contributed by atoms with van der Waals surface area (Å²) in [5.74, 6) is 0.105. The van der Waals surface area contributed by atoms with Crippen LogP contribution in [0.1, 0.15) is 236 Å². The summed E-state index contributed by atoms with van der Waals surface area (Å²) in [7, 11) is 9.10. The van der Waals surface area contributed by atoms with Gasteiger partial charge in [0.05, 0.1) is 143 Å². The summed E-state index contributed by atoms with van der Waals surface area (Å²) in [6, 6.07) is 20.1. The van der Waals surface area contributed by atoms with Crippen LogP contribution < -0.4 is 15.4 Å². The Morgan fingerprint density at radius 3 is 0.820 bits per heavy atom. The predicted octanol–water partition coefficient (Wildman–Crippen LogP) is 16.7. The highest BCUT2D eigenvalue weighted by molar-refractivity contribution is 5.93. The van der Waals surface area contributed by atoms with E-state index in [1.165, 1.54) is 21.3 Å². The first-order valence-corrected chi connectivity index (χ1v) is 38.5. The number of nitrogens with one attached hydrogen (secondary N) is 2. The second-order valence-corrected chi connectivity index (χ2v) is 29.1. The van der Waals surface area contributed by atoms with Gasteiger partial charge in [-0.15, -0.1) is 0 Å². The Hall–Kier alpha value is -7.77. The van der Waals surface area contributed by atoms with Crippen molar-refractivity contribution in [1.29, 1.82) is 15.8 Å². The average molecular weight is 1580 g/mol. The van der Waals surface area contributed by atoms with E-state index in [9.17, 15) is 38.4 Å². The van der Waals surface area contributed by atoms with Crippen LogP contribution in [0.3, 0.4) is 0 Å². The molecule has 2 rings (SSSR count). The van der Waals surface area contributed by atoms with Gasteiger partial charge < -0.3 is 72.2 Å². The van der Waals surface area contributed by atoms with Crippen LogP contribution in [0.5, 0.6) is 5.75 Å². The van der Waals surface area contributed by atoms with Crippen LogP contribution in [0, 0.1) is 84.2 Å². The van der Waals surface area contributed by atoms with E-state index in [-0.39, 0.29) is 81.6 Å². The number of nitrogens with zero attached hydrogens (tertiary/aromatic N) is 3. The van der Waals surface area contributed by atoms with Crippen molar-refractivity contribution >= 4 is 59.0 Å². The lowest BCUT2D eigenvalue weighted by atomic mass is 9.91. The number of ether oxygens (including phenoxy) is 13. The van der Waals surface area contributed by atoms with Crippen molar-refractivity contribution < 1.29 is 99.9 Å². The van der Waals surface area contributed by atoms with Crippen molar-refractivity contribution in [1.82, 2.24) is 0 Å². The molecule has 2 amide bonds. The SMILES string of the molecule is CCC(C)(C)C(=O)OC.CCC(C)(C)C(=O)OC.CCC(C)(C)C(=O)OC.CCC(C)(C)C(=O)OCCOCCOC.CCC(C)(C)C(=O)OCCOCCOC.CCC(C)(C)C(=O)OCCOCCOC.CCC(C)C#N.CCC(C)C(=O)Nc1ccc(C#N)cc1.CCC(C)C(=O)Nc1ccc(OCCC#N)cc1. The maximum Gasteiger partial charge on any atom is 0.311 e. The molecule has 0 bridgehead atoms. The molecular weight excluding hydrogens is 1430 g/mol. The molecule has 0 spiro atoms. The van der Waals surface area contributed by atoms with Crippen molar-refractivity contribution in [3.05, 3.63) is 54.1 Å². The van der Waals surface area contributed by atoms with E-state index in [2.05, 4.69) is 30.9 Å². The van der Waals surface area contributed by atoms with Gasteiger partial charge in [0, 0.05) is 50.5 Å². The van der Waals surface area contributed by atoms with Gasteiger partial charge in [-0.3, -0.25) is 38.4 Å². The summed E-state index contributed by atoms with van der Waals surface area (Å²) >= 11 is 0. The number of hydrogen-bond donors (Lipinski definition) is 2. The van der Waals surface area contributed by atoms with Gasteiger partial charge >= 0.3 is 35.8 Å². The van der Waals surface area contributed by atoms with Gasteiger partial charge in [0.2, 0.25) is 11.8 Å². The molecular formula is C85H149N5O21. The lowest BCUT2D eigenvalue weighted by molar-refractivity contribution is -0.156. The minimum absolute atomic E-state index is 0.0107. The molecule has 0 aliphatic heterocycles. The lowest BCUT2D eigenvalue weighted by Crippen LogP contribution is -2.27. The lowest BCUT2D eigenvalue weighted by Gasteiger charge is -2.20. The Morgan fingerprint density at radius 2 is 0.622 bits per heavy atom. The molecule has 111 heavy (non-hydrogen) atoms. The third-order valence-corrected chi connectivity index (χ3v) is 17.7. The highest BCUT2D eigenvalue weighted by Crippen LogP contribution is 2.26. The number of nitriles is 3. The molecule has 2 aromatic carbocycles. The average Bonchev–Trinajstić information content (AvgIpc) is 1.07. The van der Waals surface area contributed by atoms with Gasteiger partial charge in [-0.1, -0.05) is 76.2 Å². The molecule has 0 aliphatic rings. The molecule has 0 heterocycles. The second kappa shape index (κ2) is 70.1. The van der Waals surface area contributed by atoms with Crippen LogP contribution in [-0.4, -0.2) is 176 Å². The van der Waals surface area contributed by atoms with Crippen molar-refractivity contribution in [3.63, 3.8) is 0 Å². The van der Waals surface area contributed by atoms with E-state index < -0.39 is 16.2 Å². The fraction of sp³-hybridized carbons (Fsp3) is 0.729. The maximum atomic E-state index is 11.7. The third-order valence-electron chi connectivity index (χ3n) is 17.7. The van der Waals surface area contributed by atoms with E-state index in [1.807, 2.05) is 178 Å². The van der Waals surface area contributed by atoms with Gasteiger partial charge in [-0.25, -0.2) is 0 Å². The number of rotatable bonds is 40. The number of amides is 2. The van der Waals surface area contributed by atoms with E-state index in [0.717, 1.165) is 69.2 Å². The van der Waals surface area contributed by atoms with Crippen molar-refractivity contribution in [2.75, 3.05) is 139 Å². The number of benzene rings is 2. The van der Waals surface area contributed by atoms with Gasteiger partial charge in [-0.05, 0) is 196 Å². The first-order valence-electron chi connectivity index (χ1n) is 38.5. The number of carbonyl (C=O) groups excluding carboxylic acids is 8. The molecule has 2 aromatic rings. The summed E-state index contributed by atoms with van der Waals surface area (Å²) in [5.41, 5.74) is -0.0344. The molecule has 3 unspecified atom stereocenters. The minimum Gasteiger partial charge on any atom is -0.493 e. The van der Waals surface area contributed by atoms with Crippen LogP contribution >= 0.6 is 0 Å². The largest absolute Gasteiger partial charge is 0.493 e. The van der Waals surface area contributed by atoms with Crippen LogP contribution in [0.25, 0.3) is 0 Å². The van der Waals surface area contributed by atoms with Gasteiger partial charge in [0.15, 0.2) is 0 Å². The van der Waals surface area contributed by atoms with Gasteiger partial charge in [-0.2, -0.15) is 15.8 Å². The number of anilines is 2. The Labute approximate surface area is 669 Å². The summed E-state index contributed by atoms with van der Waals surface area (Å²) in [5, 5.41) is 30.7. The highest BCUT2D eigenvalue weighted by atomic mass is 16.6. The third kappa shape index (κ3) is 63.4. The van der Waals surface area contributed by atoms with E-state index in [1.54, 1.807) is 69.9 Å². The zero-order chi connectivity index (χ0) is 87.3. The Bertz CT molecular complexity index is 2710. The van der Waals surface area contributed by atoms with Crippen molar-refractivity contribution in [3.8, 4) is 24.0 Å². The van der Waals surface area contributed by atoms with Crippen LogP contribution in [0.15, 0.2) is 48.5 Å². The van der Waals surface area contributed by atoms with Crippen LogP contribution in [-0.2, 0) is 95.2 Å². The molecule has 0 aliphatic carbocycles. The number of hydrogen-bond acceptors (Lipinski definition) is 24. The van der Waals surface area contributed by atoms with Crippen molar-refractivity contribution in [2.24, 2.45) is 50.2 Å². The highest BCUT2D eigenvalue weighted by Gasteiger charge is 2.30. The molecule has 3 atom stereocenters. The second-order valence-electron chi connectivity index (χ2n) is 29.1. The standard InChI is InChI=1S/C14H18N2O2.C12H14N2O.3C11H22O4.3C7H14O2.C5H9N/c1-3-11(2)14(17)16-12-5-7-13(8-6-12)18-10-4-9-15;1-3-9(2)12(15)14-11-6-4-10(8-13)5-7-11;3*1-5-11(2,3)10(12)15-9-8-14-7-6-13-4;3*1-5-7(2,3)6(8)9-4;1-3-5(2)4-6/h5-8,11H,3-4,10H2,1-2H3,(H,16,17);4-7,9H,3H2,1-2H3,(H,14,15);3*5-9H2,1-4H3;3*5H2,1-4H3;5H,3H2,1-2H3. The zero-order valence-electron chi connectivity index (χ0n) is 74.0. The monoisotopic (exact) mass is 1580 g/mol. The molecule has 26 heteroatoms. The fourth-order valence-corrected chi connectivity index (χ4v) is 6.06. The van der Waals surface area contributed by atoms with E-state index in [4.69, 9.17) is 63.2 Å². The Kier molecular flexibility index (Phi) is 73.6. The fourth-order valence-electron chi connectivity index (χ4n) is 6.06. The molecule has 0 saturated heterocycles. The first-order chi connectivity index (χ1) is 51.9. The Balaban J connectivity index is -0.000000223. The zero-order valence-corrected chi connectivity index (χ0v) is 74.0. The number of esters is 6. The Morgan fingerprint density at radius 1 is 0.360 bits per heavy atom. The van der Waals surface area contributed by atoms with Gasteiger partial charge in [0.1, 0.15) is 32.2 Å². The number of carbonyl (C=O) groups is 8. The summed E-state index contributed by atoms with van der Waals surface area (Å²) in [6.07, 6.45) is 7.76. The molecule has 26 nitrogen and oxygen atoms in total. The van der Waals surface area contributed by atoms with Crippen LogP contribution in [0.2, 0.25) is 0 Å². The van der Waals surface area contributed by atoms with E-state index >= 15 is 0 Å².